The molecule has 2 amide bonds. The first-order valence-corrected chi connectivity index (χ1v) is 6.98. The van der Waals surface area contributed by atoms with Gasteiger partial charge in [-0.25, -0.2) is 0 Å². The molecule has 1 heterocycles. The van der Waals surface area contributed by atoms with Crippen molar-refractivity contribution in [3.05, 3.63) is 0 Å². The number of hydrogen-bond acceptors (Lipinski definition) is 2. The molecule has 3 atom stereocenters. The van der Waals surface area contributed by atoms with E-state index in [4.69, 9.17) is 6.42 Å². The number of hydrogen-bond donors (Lipinski definition) is 1. The summed E-state index contributed by atoms with van der Waals surface area (Å²) in [4.78, 5) is 26.3. The van der Waals surface area contributed by atoms with Crippen LogP contribution in [0.5, 0.6) is 0 Å². The molecule has 0 bridgehead atoms. The van der Waals surface area contributed by atoms with E-state index >= 15 is 0 Å². The van der Waals surface area contributed by atoms with Crippen molar-refractivity contribution in [1.82, 2.24) is 10.2 Å². The Morgan fingerprint density at radius 2 is 2.00 bits per heavy atom. The summed E-state index contributed by atoms with van der Waals surface area (Å²) in [5, 5.41) is 2.84. The Kier molecular flexibility index (Phi) is 5.41. The standard InChI is InChI=1S/C15H24N2O2/c1-6-8-11(5)17-13(7-2)14(18)16-12(15(17)19)9-10(3)4/h1,10-13H,7-9H2,2-5H3,(H,16,18). The molecule has 0 radical (unpaired) electrons. The van der Waals surface area contributed by atoms with Crippen LogP contribution in [0.4, 0.5) is 0 Å². The second-order valence-electron chi connectivity index (χ2n) is 5.62. The van der Waals surface area contributed by atoms with E-state index in [-0.39, 0.29) is 23.9 Å². The molecular weight excluding hydrogens is 240 g/mol. The largest absolute Gasteiger partial charge is 0.342 e. The highest BCUT2D eigenvalue weighted by Gasteiger charge is 2.41. The van der Waals surface area contributed by atoms with Crippen molar-refractivity contribution >= 4 is 11.8 Å². The Balaban J connectivity index is 2.96. The van der Waals surface area contributed by atoms with Crippen LogP contribution >= 0.6 is 0 Å². The molecule has 0 aromatic carbocycles. The van der Waals surface area contributed by atoms with Crippen LogP contribution in [0, 0.1) is 18.3 Å². The summed E-state index contributed by atoms with van der Waals surface area (Å²) in [7, 11) is 0. The third-order valence-electron chi connectivity index (χ3n) is 3.49. The number of amides is 2. The lowest BCUT2D eigenvalue weighted by molar-refractivity contribution is -0.152. The van der Waals surface area contributed by atoms with Crippen LogP contribution in [0.15, 0.2) is 0 Å². The molecule has 0 spiro atoms. The molecule has 19 heavy (non-hydrogen) atoms. The molecular formula is C15H24N2O2. The van der Waals surface area contributed by atoms with Gasteiger partial charge in [0, 0.05) is 12.5 Å². The first kappa shape index (κ1) is 15.6. The van der Waals surface area contributed by atoms with Gasteiger partial charge in [-0.3, -0.25) is 9.59 Å². The molecule has 1 aliphatic heterocycles. The number of terminal acetylenes is 1. The molecule has 1 aliphatic rings. The Hall–Kier alpha value is -1.50. The van der Waals surface area contributed by atoms with Gasteiger partial charge < -0.3 is 10.2 Å². The maximum absolute atomic E-state index is 12.5. The van der Waals surface area contributed by atoms with Gasteiger partial charge in [-0.2, -0.15) is 0 Å². The number of piperazine rings is 1. The first-order chi connectivity index (χ1) is 8.92. The monoisotopic (exact) mass is 264 g/mol. The second-order valence-corrected chi connectivity index (χ2v) is 5.62. The van der Waals surface area contributed by atoms with Gasteiger partial charge >= 0.3 is 0 Å². The Bertz CT molecular complexity index is 384. The molecule has 0 aromatic heterocycles. The summed E-state index contributed by atoms with van der Waals surface area (Å²) in [6.07, 6.45) is 7.09. The third-order valence-corrected chi connectivity index (χ3v) is 3.49. The van der Waals surface area contributed by atoms with Crippen LogP contribution in [0.3, 0.4) is 0 Å². The normalized spacial score (nSPS) is 25.2. The molecule has 1 saturated heterocycles. The van der Waals surface area contributed by atoms with Crippen LogP contribution in [0.1, 0.15) is 47.0 Å². The van der Waals surface area contributed by atoms with Crippen LogP contribution in [-0.2, 0) is 9.59 Å². The van der Waals surface area contributed by atoms with E-state index in [1.807, 2.05) is 27.7 Å². The SMILES string of the molecule is C#CCC(C)N1C(=O)C(CC(C)C)NC(=O)C1CC. The molecule has 0 saturated carbocycles. The number of nitrogens with one attached hydrogen (secondary N) is 1. The van der Waals surface area contributed by atoms with E-state index in [1.165, 1.54) is 0 Å². The summed E-state index contributed by atoms with van der Waals surface area (Å²) in [5.74, 6) is 2.88. The zero-order valence-corrected chi connectivity index (χ0v) is 12.3. The fourth-order valence-corrected chi connectivity index (χ4v) is 2.60. The lowest BCUT2D eigenvalue weighted by Crippen LogP contribution is -2.65. The van der Waals surface area contributed by atoms with Gasteiger partial charge in [-0.15, -0.1) is 12.3 Å². The van der Waals surface area contributed by atoms with Crippen LogP contribution in [-0.4, -0.2) is 34.8 Å². The van der Waals surface area contributed by atoms with Crippen LogP contribution < -0.4 is 5.32 Å². The summed E-state index contributed by atoms with van der Waals surface area (Å²) in [6.45, 7) is 7.91. The minimum atomic E-state index is -0.407. The molecule has 4 heteroatoms. The summed E-state index contributed by atoms with van der Waals surface area (Å²) < 4.78 is 0. The van der Waals surface area contributed by atoms with Crippen molar-refractivity contribution in [2.75, 3.05) is 0 Å². The summed E-state index contributed by atoms with van der Waals surface area (Å²) >= 11 is 0. The maximum Gasteiger partial charge on any atom is 0.246 e. The lowest BCUT2D eigenvalue weighted by atomic mass is 9.96. The van der Waals surface area contributed by atoms with Gasteiger partial charge in [-0.1, -0.05) is 20.8 Å². The zero-order chi connectivity index (χ0) is 14.6. The number of nitrogens with zero attached hydrogens (tertiary/aromatic N) is 1. The van der Waals surface area contributed by atoms with E-state index in [9.17, 15) is 9.59 Å². The predicted molar refractivity (Wildman–Crippen MR) is 75.2 cm³/mol. The third kappa shape index (κ3) is 3.50. The number of rotatable bonds is 5. The van der Waals surface area contributed by atoms with Crippen molar-refractivity contribution in [3.8, 4) is 12.3 Å². The minimum Gasteiger partial charge on any atom is -0.342 e. The molecule has 106 valence electrons. The summed E-state index contributed by atoms with van der Waals surface area (Å²) in [6, 6.07) is -0.891. The van der Waals surface area contributed by atoms with Crippen molar-refractivity contribution in [2.24, 2.45) is 5.92 Å². The highest BCUT2D eigenvalue weighted by molar-refractivity contribution is 5.97. The van der Waals surface area contributed by atoms with Crippen LogP contribution in [0.2, 0.25) is 0 Å². The molecule has 0 aliphatic carbocycles. The minimum absolute atomic E-state index is 0.00269. The second kappa shape index (κ2) is 6.60. The van der Waals surface area contributed by atoms with E-state index in [0.29, 0.717) is 25.2 Å². The van der Waals surface area contributed by atoms with Crippen molar-refractivity contribution in [3.63, 3.8) is 0 Å². The Morgan fingerprint density at radius 1 is 1.37 bits per heavy atom. The molecule has 4 nitrogen and oxygen atoms in total. The highest BCUT2D eigenvalue weighted by atomic mass is 16.2. The van der Waals surface area contributed by atoms with E-state index in [0.717, 1.165) is 0 Å². The van der Waals surface area contributed by atoms with Crippen molar-refractivity contribution in [1.29, 1.82) is 0 Å². The molecule has 1 rings (SSSR count). The fraction of sp³-hybridized carbons (Fsp3) is 0.733. The van der Waals surface area contributed by atoms with Gasteiger partial charge in [-0.05, 0) is 25.7 Å². The fourth-order valence-electron chi connectivity index (χ4n) is 2.60. The predicted octanol–water partition coefficient (Wildman–Crippen LogP) is 1.55. The van der Waals surface area contributed by atoms with Gasteiger partial charge in [0.1, 0.15) is 12.1 Å². The van der Waals surface area contributed by atoms with Gasteiger partial charge in [0.2, 0.25) is 11.8 Å². The Morgan fingerprint density at radius 3 is 2.47 bits per heavy atom. The van der Waals surface area contributed by atoms with Gasteiger partial charge in [0.25, 0.3) is 0 Å². The number of carbonyl (C=O) groups is 2. The molecule has 1 fully saturated rings. The quantitative estimate of drug-likeness (QED) is 0.766. The van der Waals surface area contributed by atoms with Crippen molar-refractivity contribution < 1.29 is 9.59 Å². The average molecular weight is 264 g/mol. The highest BCUT2D eigenvalue weighted by Crippen LogP contribution is 2.21. The number of carbonyl (C=O) groups excluding carboxylic acids is 2. The molecule has 3 unspecified atom stereocenters. The average Bonchev–Trinajstić information content (AvgIpc) is 2.32. The zero-order valence-electron chi connectivity index (χ0n) is 12.3. The van der Waals surface area contributed by atoms with Gasteiger partial charge in [0.15, 0.2) is 0 Å². The van der Waals surface area contributed by atoms with Gasteiger partial charge in [0.05, 0.1) is 0 Å². The summed E-state index contributed by atoms with van der Waals surface area (Å²) in [5.41, 5.74) is 0. The van der Waals surface area contributed by atoms with Crippen LogP contribution in [0.25, 0.3) is 0 Å². The first-order valence-electron chi connectivity index (χ1n) is 6.98. The lowest BCUT2D eigenvalue weighted by Gasteiger charge is -2.42. The smallest absolute Gasteiger partial charge is 0.246 e. The van der Waals surface area contributed by atoms with E-state index in [2.05, 4.69) is 11.2 Å². The Labute approximate surface area is 115 Å². The maximum atomic E-state index is 12.5. The molecule has 1 N–H and O–H groups in total. The van der Waals surface area contributed by atoms with Crippen molar-refractivity contribution in [2.45, 2.75) is 65.1 Å². The van der Waals surface area contributed by atoms with E-state index in [1.54, 1.807) is 4.90 Å². The molecule has 0 aromatic rings. The van der Waals surface area contributed by atoms with E-state index < -0.39 is 6.04 Å². The topological polar surface area (TPSA) is 49.4 Å².